The molecular weight excluding hydrogens is 462 g/mol. The number of nitrogens with zero attached hydrogens (tertiary/aromatic N) is 1. The molecule has 5 aliphatic carbocycles. The van der Waals surface area contributed by atoms with Gasteiger partial charge in [0.25, 0.3) is 0 Å². The second kappa shape index (κ2) is 7.97. The number of rotatable bonds is 3. The van der Waals surface area contributed by atoms with Crippen molar-refractivity contribution >= 4 is 5.91 Å². The van der Waals surface area contributed by atoms with E-state index in [0.29, 0.717) is 41.0 Å². The van der Waals surface area contributed by atoms with E-state index in [1.165, 1.54) is 38.5 Å². The van der Waals surface area contributed by atoms with Crippen LogP contribution in [-0.2, 0) is 9.53 Å². The zero-order chi connectivity index (χ0) is 26.9. The fourth-order valence-corrected chi connectivity index (χ4v) is 12.4. The van der Waals surface area contributed by atoms with Crippen molar-refractivity contribution < 1.29 is 19.7 Å². The highest BCUT2D eigenvalue weighted by Gasteiger charge is 2.84. The second-order valence-corrected chi connectivity index (χ2v) is 15.9. The minimum Gasteiger partial charge on any atom is -0.393 e. The molecule has 0 radical (unpaired) electrons. The molecule has 6 fully saturated rings. The van der Waals surface area contributed by atoms with Crippen LogP contribution in [-0.4, -0.2) is 58.0 Å². The molecule has 7 unspecified atom stereocenters. The molecule has 37 heavy (non-hydrogen) atoms. The van der Waals surface area contributed by atoms with Gasteiger partial charge in [0.1, 0.15) is 0 Å². The molecular formula is C32H53NO4. The molecule has 2 N–H and O–H groups in total. The number of hydrogen-bond acceptors (Lipinski definition) is 4. The Morgan fingerprint density at radius 1 is 1.00 bits per heavy atom. The third kappa shape index (κ3) is 3.06. The topological polar surface area (TPSA) is 70.0 Å². The van der Waals surface area contributed by atoms with Gasteiger partial charge in [-0.05, 0) is 111 Å². The summed E-state index contributed by atoms with van der Waals surface area (Å²) in [6, 6.07) is 0.152. The number of fused-ring (bicyclic) bond motifs is 4. The van der Waals surface area contributed by atoms with E-state index in [1.54, 1.807) is 6.92 Å². The van der Waals surface area contributed by atoms with E-state index in [4.69, 9.17) is 4.74 Å². The van der Waals surface area contributed by atoms with Gasteiger partial charge in [0, 0.05) is 24.9 Å². The third-order valence-corrected chi connectivity index (χ3v) is 14.3. The first-order chi connectivity index (χ1) is 17.2. The molecule has 6 rings (SSSR count). The van der Waals surface area contributed by atoms with Crippen LogP contribution in [0.25, 0.3) is 0 Å². The first kappa shape index (κ1) is 26.6. The summed E-state index contributed by atoms with van der Waals surface area (Å²) in [6.45, 7) is 18.4. The van der Waals surface area contributed by atoms with Gasteiger partial charge < -0.3 is 19.8 Å². The van der Waals surface area contributed by atoms with Gasteiger partial charge in [0.05, 0.1) is 24.4 Å². The molecule has 2 spiro atoms. The van der Waals surface area contributed by atoms with Crippen molar-refractivity contribution in [2.75, 3.05) is 6.54 Å². The lowest BCUT2D eigenvalue weighted by molar-refractivity contribution is -0.182. The third-order valence-electron chi connectivity index (χ3n) is 14.3. The minimum atomic E-state index is -0.462. The van der Waals surface area contributed by atoms with Crippen molar-refractivity contribution in [3.63, 3.8) is 0 Å². The zero-order valence-electron chi connectivity index (χ0n) is 24.7. The number of carbonyl (C=O) groups is 1. The van der Waals surface area contributed by atoms with E-state index < -0.39 is 6.10 Å². The SMILES string of the molecule is CC(=O)N(CC1C[C@@H](C)[C@H]2C(O1)[C@H](O)[C@@]1(C)C3CC[C@H]4C(C)(C)C(O)CCC45CC35CCC21C)C(C)C. The predicted octanol–water partition coefficient (Wildman–Crippen LogP) is 5.42. The molecule has 5 nitrogen and oxygen atoms in total. The fourth-order valence-electron chi connectivity index (χ4n) is 12.4. The maximum absolute atomic E-state index is 12.3. The van der Waals surface area contributed by atoms with Crippen LogP contribution in [0.1, 0.15) is 107 Å². The highest BCUT2D eigenvalue weighted by molar-refractivity contribution is 5.73. The molecule has 0 aromatic heterocycles. The molecule has 0 aromatic carbocycles. The molecule has 0 aromatic rings. The van der Waals surface area contributed by atoms with Crippen LogP contribution >= 0.6 is 0 Å². The van der Waals surface area contributed by atoms with Crippen molar-refractivity contribution in [2.45, 2.75) is 137 Å². The van der Waals surface area contributed by atoms with Crippen LogP contribution in [0.15, 0.2) is 0 Å². The number of hydrogen-bond donors (Lipinski definition) is 2. The van der Waals surface area contributed by atoms with Gasteiger partial charge in [-0.2, -0.15) is 0 Å². The van der Waals surface area contributed by atoms with Crippen LogP contribution in [0.3, 0.4) is 0 Å². The Morgan fingerprint density at radius 3 is 2.30 bits per heavy atom. The zero-order valence-corrected chi connectivity index (χ0v) is 24.7. The van der Waals surface area contributed by atoms with Crippen LogP contribution in [0.4, 0.5) is 0 Å². The fraction of sp³-hybridized carbons (Fsp3) is 0.969. The minimum absolute atomic E-state index is 0.0119. The van der Waals surface area contributed by atoms with Gasteiger partial charge in [-0.25, -0.2) is 0 Å². The molecule has 0 bridgehead atoms. The number of aliphatic hydroxyl groups excluding tert-OH is 2. The molecule has 1 aliphatic heterocycles. The average molecular weight is 516 g/mol. The Hall–Kier alpha value is -0.650. The molecule has 5 saturated carbocycles. The van der Waals surface area contributed by atoms with Gasteiger partial charge in [0.2, 0.25) is 5.91 Å². The summed E-state index contributed by atoms with van der Waals surface area (Å²) in [5.41, 5.74) is 0.597. The van der Waals surface area contributed by atoms with E-state index in [9.17, 15) is 15.0 Å². The van der Waals surface area contributed by atoms with Crippen LogP contribution < -0.4 is 0 Å². The maximum atomic E-state index is 12.3. The lowest BCUT2D eigenvalue weighted by Crippen LogP contribution is -2.59. The first-order valence-corrected chi connectivity index (χ1v) is 15.5. The maximum Gasteiger partial charge on any atom is 0.219 e. The number of carbonyl (C=O) groups excluding carboxylic acids is 1. The van der Waals surface area contributed by atoms with E-state index in [0.717, 1.165) is 12.8 Å². The summed E-state index contributed by atoms with van der Waals surface area (Å²) in [7, 11) is 0. The van der Waals surface area contributed by atoms with Crippen LogP contribution in [0, 0.1) is 50.7 Å². The van der Waals surface area contributed by atoms with Gasteiger partial charge >= 0.3 is 0 Å². The van der Waals surface area contributed by atoms with Gasteiger partial charge in [-0.15, -0.1) is 0 Å². The highest BCUT2D eigenvalue weighted by Crippen LogP contribution is 2.89. The Labute approximate surface area is 225 Å². The van der Waals surface area contributed by atoms with Crippen molar-refractivity contribution in [2.24, 2.45) is 50.7 Å². The molecule has 1 saturated heterocycles. The largest absolute Gasteiger partial charge is 0.393 e. The lowest BCUT2D eigenvalue weighted by Gasteiger charge is -2.63. The molecule has 12 atom stereocenters. The van der Waals surface area contributed by atoms with Gasteiger partial charge in [-0.3, -0.25) is 4.79 Å². The summed E-state index contributed by atoms with van der Waals surface area (Å²) in [5, 5.41) is 23.2. The normalized spacial score (nSPS) is 55.4. The standard InChI is InChI=1S/C32H53NO4/c1-18(2)33(20(4)34)16-21-15-19(3)25-26(37-21)27(36)30(8)23-10-9-22-28(5,6)24(35)11-12-31(22)17-32(23,31)14-13-29(25,30)7/h18-19,21-27,35-36H,9-17H2,1-8H3/t19-,21?,22+,23?,24?,25+,26?,27+,29?,30-,31?,32?/m1/s1. The van der Waals surface area contributed by atoms with Crippen molar-refractivity contribution in [1.82, 2.24) is 4.90 Å². The monoisotopic (exact) mass is 515 g/mol. The van der Waals surface area contributed by atoms with E-state index in [1.807, 2.05) is 4.90 Å². The molecule has 1 amide bonds. The smallest absolute Gasteiger partial charge is 0.219 e. The predicted molar refractivity (Wildman–Crippen MR) is 145 cm³/mol. The molecule has 5 heteroatoms. The quantitative estimate of drug-likeness (QED) is 0.527. The van der Waals surface area contributed by atoms with E-state index >= 15 is 0 Å². The second-order valence-electron chi connectivity index (χ2n) is 15.9. The van der Waals surface area contributed by atoms with Gasteiger partial charge in [-0.1, -0.05) is 34.6 Å². The Bertz CT molecular complexity index is 964. The number of amides is 1. The summed E-state index contributed by atoms with van der Waals surface area (Å²) in [6.07, 6.45) is 8.39. The Morgan fingerprint density at radius 2 is 1.65 bits per heavy atom. The summed E-state index contributed by atoms with van der Waals surface area (Å²) < 4.78 is 6.85. The molecule has 1 heterocycles. The highest BCUT2D eigenvalue weighted by atomic mass is 16.5. The van der Waals surface area contributed by atoms with Crippen LogP contribution in [0.5, 0.6) is 0 Å². The van der Waals surface area contributed by atoms with Crippen LogP contribution in [0.2, 0.25) is 0 Å². The Kier molecular flexibility index (Phi) is 5.72. The van der Waals surface area contributed by atoms with Crippen molar-refractivity contribution in [3.8, 4) is 0 Å². The summed E-state index contributed by atoms with van der Waals surface area (Å²) >= 11 is 0. The summed E-state index contributed by atoms with van der Waals surface area (Å²) in [4.78, 5) is 14.3. The average Bonchev–Trinajstić information content (AvgIpc) is 3.45. The Balaban J connectivity index is 1.32. The van der Waals surface area contributed by atoms with Crippen molar-refractivity contribution in [3.05, 3.63) is 0 Å². The first-order valence-electron chi connectivity index (χ1n) is 15.5. The molecule has 6 aliphatic rings. The number of ether oxygens (including phenoxy) is 1. The van der Waals surface area contributed by atoms with E-state index in [-0.39, 0.29) is 46.5 Å². The lowest BCUT2D eigenvalue weighted by atomic mass is 9.41. The van der Waals surface area contributed by atoms with Crippen molar-refractivity contribution in [1.29, 1.82) is 0 Å². The van der Waals surface area contributed by atoms with Gasteiger partial charge in [0.15, 0.2) is 0 Å². The number of aliphatic hydroxyl groups is 2. The molecule has 210 valence electrons. The van der Waals surface area contributed by atoms with E-state index in [2.05, 4.69) is 48.5 Å². The summed E-state index contributed by atoms with van der Waals surface area (Å²) in [5.74, 6) is 2.06.